The summed E-state index contributed by atoms with van der Waals surface area (Å²) >= 11 is 0. The Hall–Kier alpha value is -1.89. The Morgan fingerprint density at radius 2 is 2.24 bits per heavy atom. The molecule has 2 rings (SSSR count). The van der Waals surface area contributed by atoms with Crippen LogP contribution in [0.4, 0.5) is 0 Å². The molecule has 1 aliphatic heterocycles. The van der Waals surface area contributed by atoms with E-state index in [9.17, 15) is 9.59 Å². The normalized spacial score (nSPS) is 19.0. The number of carbonyl (C=O) groups is 2. The molecule has 1 unspecified atom stereocenters. The molecule has 0 aromatic carbocycles. The molecule has 1 fully saturated rings. The highest BCUT2D eigenvalue weighted by Crippen LogP contribution is 2.18. The van der Waals surface area contributed by atoms with Crippen molar-refractivity contribution in [3.8, 4) is 0 Å². The Morgan fingerprint density at radius 1 is 1.52 bits per heavy atom. The summed E-state index contributed by atoms with van der Waals surface area (Å²) in [6.45, 7) is 5.11. The average Bonchev–Trinajstić information content (AvgIpc) is 2.80. The van der Waals surface area contributed by atoms with E-state index in [4.69, 9.17) is 9.84 Å². The van der Waals surface area contributed by atoms with Crippen LogP contribution in [-0.4, -0.2) is 57.5 Å². The smallest absolute Gasteiger partial charge is 0.305 e. The molecule has 1 saturated heterocycles. The first-order valence-corrected chi connectivity index (χ1v) is 7.04. The van der Waals surface area contributed by atoms with Crippen LogP contribution >= 0.6 is 0 Å². The minimum Gasteiger partial charge on any atom is -0.481 e. The summed E-state index contributed by atoms with van der Waals surface area (Å²) in [4.78, 5) is 25.2. The largest absolute Gasteiger partial charge is 0.481 e. The van der Waals surface area contributed by atoms with Gasteiger partial charge in [-0.3, -0.25) is 14.3 Å². The molecule has 7 heteroatoms. The predicted octanol–water partition coefficient (Wildman–Crippen LogP) is 0.859. The van der Waals surface area contributed by atoms with Crippen LogP contribution in [0.2, 0.25) is 0 Å². The van der Waals surface area contributed by atoms with Crippen LogP contribution in [0.1, 0.15) is 42.4 Å². The van der Waals surface area contributed by atoms with Gasteiger partial charge in [-0.1, -0.05) is 13.8 Å². The second-order valence-corrected chi connectivity index (χ2v) is 5.56. The lowest BCUT2D eigenvalue weighted by atomic mass is 10.1. The molecule has 0 bridgehead atoms. The van der Waals surface area contributed by atoms with Crippen LogP contribution in [0.3, 0.4) is 0 Å². The second-order valence-electron chi connectivity index (χ2n) is 5.56. The van der Waals surface area contributed by atoms with Gasteiger partial charge in [-0.15, -0.1) is 0 Å². The fourth-order valence-corrected chi connectivity index (χ4v) is 2.41. The van der Waals surface area contributed by atoms with Crippen molar-refractivity contribution in [1.29, 1.82) is 0 Å². The molecule has 0 aliphatic carbocycles. The standard InChI is InChI=1S/C14H21N3O4/c1-9(2)11-7-12(16(3)15-11)14(20)17-4-5-21-8-10(17)6-13(18)19/h7,9-10H,4-6,8H2,1-3H3,(H,18,19). The van der Waals surface area contributed by atoms with E-state index in [-0.39, 0.29) is 24.9 Å². The van der Waals surface area contributed by atoms with Crippen LogP contribution in [-0.2, 0) is 16.6 Å². The molecule has 1 aromatic heterocycles. The minimum atomic E-state index is -0.934. The molecule has 0 saturated carbocycles. The highest BCUT2D eigenvalue weighted by atomic mass is 16.5. The summed E-state index contributed by atoms with van der Waals surface area (Å²) < 4.78 is 6.85. The Morgan fingerprint density at radius 3 is 2.81 bits per heavy atom. The molecule has 0 radical (unpaired) electrons. The zero-order valence-electron chi connectivity index (χ0n) is 12.6. The molecule has 1 amide bonds. The van der Waals surface area contributed by atoms with Crippen molar-refractivity contribution in [3.05, 3.63) is 17.5 Å². The van der Waals surface area contributed by atoms with Crippen molar-refractivity contribution in [1.82, 2.24) is 14.7 Å². The van der Waals surface area contributed by atoms with Crippen molar-refractivity contribution < 1.29 is 19.4 Å². The number of carboxylic acid groups (broad SMARTS) is 1. The van der Waals surface area contributed by atoms with Crippen molar-refractivity contribution in [2.75, 3.05) is 19.8 Å². The van der Waals surface area contributed by atoms with Gasteiger partial charge in [-0.05, 0) is 12.0 Å². The van der Waals surface area contributed by atoms with E-state index >= 15 is 0 Å². The SMILES string of the molecule is CC(C)c1cc(C(=O)N2CCOCC2CC(=O)O)n(C)n1. The zero-order valence-corrected chi connectivity index (χ0v) is 12.6. The molecule has 116 valence electrons. The average molecular weight is 295 g/mol. The Labute approximate surface area is 123 Å². The number of carbonyl (C=O) groups excluding carboxylic acids is 1. The first kappa shape index (κ1) is 15.5. The van der Waals surface area contributed by atoms with Crippen molar-refractivity contribution >= 4 is 11.9 Å². The van der Waals surface area contributed by atoms with E-state index < -0.39 is 12.0 Å². The molecule has 1 N–H and O–H groups in total. The highest BCUT2D eigenvalue weighted by molar-refractivity contribution is 5.93. The number of hydrogen-bond donors (Lipinski definition) is 1. The van der Waals surface area contributed by atoms with Crippen LogP contribution in [0.5, 0.6) is 0 Å². The van der Waals surface area contributed by atoms with Gasteiger partial charge < -0.3 is 14.7 Å². The van der Waals surface area contributed by atoms with Crippen molar-refractivity contribution in [2.24, 2.45) is 7.05 Å². The van der Waals surface area contributed by atoms with Gasteiger partial charge in [0.05, 0.1) is 31.4 Å². The van der Waals surface area contributed by atoms with Gasteiger partial charge in [0.15, 0.2) is 0 Å². The summed E-state index contributed by atoms with van der Waals surface area (Å²) in [5.41, 5.74) is 1.33. The fourth-order valence-electron chi connectivity index (χ4n) is 2.41. The number of morpholine rings is 1. The first-order valence-electron chi connectivity index (χ1n) is 7.04. The quantitative estimate of drug-likeness (QED) is 0.890. The van der Waals surface area contributed by atoms with Crippen molar-refractivity contribution in [2.45, 2.75) is 32.2 Å². The number of aliphatic carboxylic acids is 1. The highest BCUT2D eigenvalue weighted by Gasteiger charge is 2.31. The maximum Gasteiger partial charge on any atom is 0.305 e. The number of amides is 1. The third-order valence-corrected chi connectivity index (χ3v) is 3.61. The lowest BCUT2D eigenvalue weighted by Gasteiger charge is -2.34. The summed E-state index contributed by atoms with van der Waals surface area (Å²) in [5, 5.41) is 13.3. The summed E-state index contributed by atoms with van der Waals surface area (Å²) in [5.74, 6) is -0.889. The first-order chi connectivity index (χ1) is 9.90. The van der Waals surface area contributed by atoms with E-state index in [1.165, 1.54) is 0 Å². The number of aryl methyl sites for hydroxylation is 1. The third kappa shape index (κ3) is 3.41. The molecule has 21 heavy (non-hydrogen) atoms. The summed E-state index contributed by atoms with van der Waals surface area (Å²) in [7, 11) is 1.73. The number of carboxylic acids is 1. The summed E-state index contributed by atoms with van der Waals surface area (Å²) in [6.07, 6.45) is -0.110. The Balaban J connectivity index is 2.22. The number of nitrogens with zero attached hydrogens (tertiary/aromatic N) is 3. The van der Waals surface area contributed by atoms with Gasteiger partial charge in [-0.2, -0.15) is 5.10 Å². The lowest BCUT2D eigenvalue weighted by Crippen LogP contribution is -2.50. The monoisotopic (exact) mass is 295 g/mol. The molecular weight excluding hydrogens is 274 g/mol. The zero-order chi connectivity index (χ0) is 15.6. The molecule has 1 aromatic rings. The van der Waals surface area contributed by atoms with E-state index in [0.29, 0.717) is 18.8 Å². The molecule has 0 spiro atoms. The molecule has 1 atom stereocenters. The van der Waals surface area contributed by atoms with Crippen LogP contribution in [0.25, 0.3) is 0 Å². The third-order valence-electron chi connectivity index (χ3n) is 3.61. The van der Waals surface area contributed by atoms with Crippen molar-refractivity contribution in [3.63, 3.8) is 0 Å². The predicted molar refractivity (Wildman–Crippen MR) is 75.2 cm³/mol. The maximum absolute atomic E-state index is 12.7. The number of rotatable bonds is 4. The van der Waals surface area contributed by atoms with Gasteiger partial charge in [0, 0.05) is 13.6 Å². The van der Waals surface area contributed by atoms with E-state index in [1.807, 2.05) is 13.8 Å². The van der Waals surface area contributed by atoms with Gasteiger partial charge in [0.2, 0.25) is 0 Å². The second kappa shape index (κ2) is 6.26. The Bertz CT molecular complexity index is 538. The van der Waals surface area contributed by atoms with Gasteiger partial charge >= 0.3 is 5.97 Å². The molecule has 1 aliphatic rings. The Kier molecular flexibility index (Phi) is 4.62. The van der Waals surface area contributed by atoms with Crippen LogP contribution in [0.15, 0.2) is 6.07 Å². The van der Waals surface area contributed by atoms with Gasteiger partial charge in [-0.25, -0.2) is 0 Å². The van der Waals surface area contributed by atoms with E-state index in [1.54, 1.807) is 22.7 Å². The van der Waals surface area contributed by atoms with E-state index in [2.05, 4.69) is 5.10 Å². The van der Waals surface area contributed by atoms with Gasteiger partial charge in [0.25, 0.3) is 5.91 Å². The van der Waals surface area contributed by atoms with Crippen LogP contribution in [0, 0.1) is 0 Å². The van der Waals surface area contributed by atoms with Crippen LogP contribution < -0.4 is 0 Å². The maximum atomic E-state index is 12.7. The summed E-state index contributed by atoms with van der Waals surface area (Å²) in [6, 6.07) is 1.35. The number of hydrogen-bond acceptors (Lipinski definition) is 4. The molecule has 7 nitrogen and oxygen atoms in total. The minimum absolute atomic E-state index is 0.110. The lowest BCUT2D eigenvalue weighted by molar-refractivity contribution is -0.139. The number of aromatic nitrogens is 2. The topological polar surface area (TPSA) is 84.7 Å². The molecule has 2 heterocycles. The molecular formula is C14H21N3O4. The van der Waals surface area contributed by atoms with Gasteiger partial charge in [0.1, 0.15) is 5.69 Å². The van der Waals surface area contributed by atoms with E-state index in [0.717, 1.165) is 5.69 Å². The number of ether oxygens (including phenoxy) is 1. The fraction of sp³-hybridized carbons (Fsp3) is 0.643.